The Morgan fingerprint density at radius 1 is 1.62 bits per heavy atom. The number of aliphatic hydroxyl groups is 1. The highest BCUT2D eigenvalue weighted by Crippen LogP contribution is 2.27. The van der Waals surface area contributed by atoms with E-state index in [2.05, 4.69) is 21.2 Å². The Balaban J connectivity index is 3.36. The van der Waals surface area contributed by atoms with Crippen LogP contribution in [0.3, 0.4) is 0 Å². The van der Waals surface area contributed by atoms with Gasteiger partial charge in [-0.25, -0.2) is 5.84 Å². The van der Waals surface area contributed by atoms with Crippen LogP contribution < -0.4 is 16.2 Å². The summed E-state index contributed by atoms with van der Waals surface area (Å²) >= 11 is 3.29. The van der Waals surface area contributed by atoms with E-state index in [1.54, 1.807) is 26.2 Å². The standard InChI is InChI=1S/C10H14BrN3O2/c1-13-10(16)7-4-8(11)6(5-15)3-9(7)14(2)12/h3-4,15H,5,12H2,1-2H3,(H,13,16). The van der Waals surface area contributed by atoms with E-state index in [4.69, 9.17) is 10.9 Å². The van der Waals surface area contributed by atoms with Gasteiger partial charge in [0.1, 0.15) is 0 Å². The van der Waals surface area contributed by atoms with E-state index in [0.29, 0.717) is 21.3 Å². The lowest BCUT2D eigenvalue weighted by molar-refractivity contribution is 0.0963. The van der Waals surface area contributed by atoms with E-state index in [-0.39, 0.29) is 12.5 Å². The number of benzene rings is 1. The van der Waals surface area contributed by atoms with Gasteiger partial charge in [0.2, 0.25) is 0 Å². The summed E-state index contributed by atoms with van der Waals surface area (Å²) in [4.78, 5) is 11.6. The average molecular weight is 288 g/mol. The minimum absolute atomic E-state index is 0.116. The van der Waals surface area contributed by atoms with Gasteiger partial charge < -0.3 is 15.4 Å². The number of nitrogens with zero attached hydrogens (tertiary/aromatic N) is 1. The monoisotopic (exact) mass is 287 g/mol. The van der Waals surface area contributed by atoms with Crippen LogP contribution in [0, 0.1) is 0 Å². The molecule has 0 heterocycles. The van der Waals surface area contributed by atoms with Crippen LogP contribution in [-0.4, -0.2) is 25.1 Å². The Kier molecular flexibility index (Phi) is 4.28. The first-order valence-electron chi connectivity index (χ1n) is 4.65. The fourth-order valence-corrected chi connectivity index (χ4v) is 1.80. The largest absolute Gasteiger partial charge is 0.392 e. The summed E-state index contributed by atoms with van der Waals surface area (Å²) in [5, 5.41) is 13.0. The lowest BCUT2D eigenvalue weighted by Gasteiger charge is -2.18. The molecule has 0 bridgehead atoms. The maximum absolute atomic E-state index is 11.6. The molecule has 5 nitrogen and oxygen atoms in total. The zero-order valence-electron chi connectivity index (χ0n) is 9.12. The van der Waals surface area contributed by atoms with Crippen molar-refractivity contribution in [3.05, 3.63) is 27.7 Å². The van der Waals surface area contributed by atoms with E-state index in [0.717, 1.165) is 0 Å². The highest BCUT2D eigenvalue weighted by atomic mass is 79.9. The zero-order chi connectivity index (χ0) is 12.3. The first kappa shape index (κ1) is 13.0. The molecule has 6 heteroatoms. The maximum atomic E-state index is 11.6. The first-order valence-corrected chi connectivity index (χ1v) is 5.44. The van der Waals surface area contributed by atoms with Crippen molar-refractivity contribution in [1.29, 1.82) is 0 Å². The summed E-state index contributed by atoms with van der Waals surface area (Å²) in [6.45, 7) is -0.116. The molecule has 1 aromatic rings. The smallest absolute Gasteiger partial charge is 0.253 e. The molecular formula is C10H14BrN3O2. The molecule has 0 saturated carbocycles. The third-order valence-electron chi connectivity index (χ3n) is 2.19. The molecule has 1 rings (SSSR count). The number of hydrazine groups is 1. The lowest BCUT2D eigenvalue weighted by atomic mass is 10.1. The van der Waals surface area contributed by atoms with Crippen LogP contribution in [0.4, 0.5) is 5.69 Å². The number of hydrogen-bond donors (Lipinski definition) is 3. The fourth-order valence-electron chi connectivity index (χ4n) is 1.33. The number of carbonyl (C=O) groups excluding carboxylic acids is 1. The van der Waals surface area contributed by atoms with E-state index in [1.807, 2.05) is 0 Å². The molecule has 0 aliphatic heterocycles. The van der Waals surface area contributed by atoms with Gasteiger partial charge >= 0.3 is 0 Å². The molecular weight excluding hydrogens is 274 g/mol. The third kappa shape index (κ3) is 2.52. The van der Waals surface area contributed by atoms with Gasteiger partial charge in [-0.3, -0.25) is 4.79 Å². The van der Waals surface area contributed by atoms with Crippen LogP contribution in [-0.2, 0) is 6.61 Å². The molecule has 0 aromatic heterocycles. The number of rotatable bonds is 3. The second-order valence-corrected chi connectivity index (χ2v) is 4.16. The molecule has 0 unspecified atom stereocenters. The molecule has 1 aromatic carbocycles. The minimum atomic E-state index is -0.225. The van der Waals surface area contributed by atoms with Gasteiger partial charge in [-0.2, -0.15) is 0 Å². The summed E-state index contributed by atoms with van der Waals surface area (Å²) in [5.41, 5.74) is 1.70. The SMILES string of the molecule is CNC(=O)c1cc(Br)c(CO)cc1N(C)N. The van der Waals surface area contributed by atoms with Gasteiger partial charge in [0, 0.05) is 18.6 Å². The fraction of sp³-hybridized carbons (Fsp3) is 0.300. The second-order valence-electron chi connectivity index (χ2n) is 3.31. The van der Waals surface area contributed by atoms with Crippen molar-refractivity contribution in [3.8, 4) is 0 Å². The van der Waals surface area contributed by atoms with Gasteiger partial charge in [-0.1, -0.05) is 15.9 Å². The van der Waals surface area contributed by atoms with Crippen molar-refractivity contribution >= 4 is 27.5 Å². The number of carbonyl (C=O) groups is 1. The number of aliphatic hydroxyl groups excluding tert-OH is 1. The number of anilines is 1. The Hall–Kier alpha value is -1.11. The van der Waals surface area contributed by atoms with Crippen molar-refractivity contribution in [2.75, 3.05) is 19.1 Å². The molecule has 16 heavy (non-hydrogen) atoms. The molecule has 0 saturated heterocycles. The Morgan fingerprint density at radius 2 is 2.25 bits per heavy atom. The quantitative estimate of drug-likeness (QED) is 0.562. The normalized spacial score (nSPS) is 10.1. The summed E-state index contributed by atoms with van der Waals surface area (Å²) < 4.78 is 0.680. The second kappa shape index (κ2) is 5.29. The van der Waals surface area contributed by atoms with Gasteiger partial charge in [0.25, 0.3) is 5.91 Å². The lowest BCUT2D eigenvalue weighted by Crippen LogP contribution is -2.29. The average Bonchev–Trinajstić information content (AvgIpc) is 2.27. The third-order valence-corrected chi connectivity index (χ3v) is 2.92. The van der Waals surface area contributed by atoms with E-state index in [1.165, 1.54) is 5.01 Å². The van der Waals surface area contributed by atoms with E-state index in [9.17, 15) is 4.79 Å². The highest BCUT2D eigenvalue weighted by molar-refractivity contribution is 9.10. The summed E-state index contributed by atoms with van der Waals surface area (Å²) in [7, 11) is 3.19. The van der Waals surface area contributed by atoms with Gasteiger partial charge in [-0.15, -0.1) is 0 Å². The van der Waals surface area contributed by atoms with Crippen molar-refractivity contribution in [3.63, 3.8) is 0 Å². The molecule has 4 N–H and O–H groups in total. The Bertz CT molecular complexity index is 407. The summed E-state index contributed by atoms with van der Waals surface area (Å²) in [6.07, 6.45) is 0. The Morgan fingerprint density at radius 3 is 2.69 bits per heavy atom. The maximum Gasteiger partial charge on any atom is 0.253 e. The molecule has 0 atom stereocenters. The molecule has 0 aliphatic rings. The van der Waals surface area contributed by atoms with Crippen molar-refractivity contribution < 1.29 is 9.90 Å². The van der Waals surface area contributed by atoms with Crippen molar-refractivity contribution in [2.24, 2.45) is 5.84 Å². The molecule has 0 radical (unpaired) electrons. The zero-order valence-corrected chi connectivity index (χ0v) is 10.7. The van der Waals surface area contributed by atoms with Crippen LogP contribution in [0.25, 0.3) is 0 Å². The number of amides is 1. The van der Waals surface area contributed by atoms with Gasteiger partial charge in [0.15, 0.2) is 0 Å². The summed E-state index contributed by atoms with van der Waals surface area (Å²) in [5.74, 6) is 5.41. The number of nitrogens with two attached hydrogens (primary N) is 1. The van der Waals surface area contributed by atoms with Crippen LogP contribution >= 0.6 is 15.9 Å². The molecule has 0 fully saturated rings. The van der Waals surface area contributed by atoms with E-state index < -0.39 is 0 Å². The molecule has 0 aliphatic carbocycles. The summed E-state index contributed by atoms with van der Waals surface area (Å²) in [6, 6.07) is 3.32. The van der Waals surface area contributed by atoms with Gasteiger partial charge in [-0.05, 0) is 17.7 Å². The van der Waals surface area contributed by atoms with Crippen molar-refractivity contribution in [2.45, 2.75) is 6.61 Å². The van der Waals surface area contributed by atoms with Crippen LogP contribution in [0.15, 0.2) is 16.6 Å². The first-order chi connectivity index (χ1) is 7.51. The topological polar surface area (TPSA) is 78.6 Å². The number of nitrogens with one attached hydrogen (secondary N) is 1. The van der Waals surface area contributed by atoms with E-state index >= 15 is 0 Å². The van der Waals surface area contributed by atoms with Crippen LogP contribution in [0.5, 0.6) is 0 Å². The van der Waals surface area contributed by atoms with Crippen molar-refractivity contribution in [1.82, 2.24) is 5.32 Å². The van der Waals surface area contributed by atoms with Crippen LogP contribution in [0.1, 0.15) is 15.9 Å². The predicted octanol–water partition coefficient (Wildman–Crippen LogP) is 0.611. The van der Waals surface area contributed by atoms with Crippen LogP contribution in [0.2, 0.25) is 0 Å². The minimum Gasteiger partial charge on any atom is -0.392 e. The number of hydrogen-bond acceptors (Lipinski definition) is 4. The Labute approximate surface area is 102 Å². The van der Waals surface area contributed by atoms with Gasteiger partial charge in [0.05, 0.1) is 17.9 Å². The molecule has 88 valence electrons. The highest BCUT2D eigenvalue weighted by Gasteiger charge is 2.15. The predicted molar refractivity (Wildman–Crippen MR) is 66.0 cm³/mol. The number of halogens is 1. The molecule has 1 amide bonds. The molecule has 0 spiro atoms.